The van der Waals surface area contributed by atoms with E-state index in [0.29, 0.717) is 6.04 Å². The van der Waals surface area contributed by atoms with Crippen molar-refractivity contribution in [2.45, 2.75) is 19.5 Å². The first kappa shape index (κ1) is 12.4. The number of thiophene rings is 1. The Morgan fingerprint density at radius 1 is 1.44 bits per heavy atom. The van der Waals surface area contributed by atoms with E-state index < -0.39 is 0 Å². The molecule has 1 N–H and O–H groups in total. The molecule has 1 fully saturated rings. The molecule has 2 heterocycles. The summed E-state index contributed by atoms with van der Waals surface area (Å²) in [4.78, 5) is 4.03. The molecule has 2 rings (SSSR count). The van der Waals surface area contributed by atoms with E-state index in [1.165, 1.54) is 29.5 Å². The maximum atomic E-state index is 3.55. The van der Waals surface area contributed by atoms with Gasteiger partial charge in [0.1, 0.15) is 0 Å². The molecule has 1 aliphatic rings. The minimum Gasteiger partial charge on any atom is -0.310 e. The molecule has 1 aromatic rings. The van der Waals surface area contributed by atoms with Crippen molar-refractivity contribution in [3.05, 3.63) is 22.4 Å². The predicted molar refractivity (Wildman–Crippen MR) is 74.4 cm³/mol. The summed E-state index contributed by atoms with van der Waals surface area (Å²) in [7, 11) is 0. The van der Waals surface area contributed by atoms with E-state index in [2.05, 4.69) is 46.4 Å². The second-order valence-electron chi connectivity index (χ2n) is 4.21. The van der Waals surface area contributed by atoms with Crippen molar-refractivity contribution in [1.82, 2.24) is 10.2 Å². The maximum absolute atomic E-state index is 3.55. The second-order valence-corrected chi connectivity index (χ2v) is 6.46. The van der Waals surface area contributed by atoms with E-state index in [-0.39, 0.29) is 0 Å². The number of nitrogens with zero attached hydrogens (tertiary/aromatic N) is 1. The van der Waals surface area contributed by atoms with Crippen LogP contribution >= 0.6 is 23.1 Å². The fraction of sp³-hybridized carbons (Fsp3) is 0.667. The van der Waals surface area contributed by atoms with Gasteiger partial charge in [-0.2, -0.15) is 11.8 Å². The van der Waals surface area contributed by atoms with E-state index in [4.69, 9.17) is 0 Å². The molecule has 16 heavy (non-hydrogen) atoms. The largest absolute Gasteiger partial charge is 0.310 e. The lowest BCUT2D eigenvalue weighted by Crippen LogP contribution is -2.44. The predicted octanol–water partition coefficient (Wildman–Crippen LogP) is 2.28. The van der Waals surface area contributed by atoms with Crippen LogP contribution in [0.4, 0.5) is 0 Å². The Morgan fingerprint density at radius 2 is 2.25 bits per heavy atom. The van der Waals surface area contributed by atoms with E-state index in [9.17, 15) is 0 Å². The average molecular weight is 256 g/mol. The normalized spacial score (nSPS) is 19.8. The maximum Gasteiger partial charge on any atom is 0.0300 e. The zero-order chi connectivity index (χ0) is 11.2. The summed E-state index contributed by atoms with van der Waals surface area (Å²) in [6.45, 7) is 6.96. The van der Waals surface area contributed by atoms with Crippen LogP contribution in [0.5, 0.6) is 0 Å². The lowest BCUT2D eigenvalue weighted by molar-refractivity contribution is 0.225. The van der Waals surface area contributed by atoms with E-state index in [1.807, 2.05) is 11.3 Å². The SMILES string of the molecule is CC(CNCc1cccs1)N1CCSCC1. The summed E-state index contributed by atoms with van der Waals surface area (Å²) in [6.07, 6.45) is 0. The second kappa shape index (κ2) is 6.64. The summed E-state index contributed by atoms with van der Waals surface area (Å²) in [5.41, 5.74) is 0. The van der Waals surface area contributed by atoms with Crippen LogP contribution in [0.15, 0.2) is 17.5 Å². The molecule has 0 spiro atoms. The molecule has 1 aromatic heterocycles. The fourth-order valence-electron chi connectivity index (χ4n) is 1.96. The van der Waals surface area contributed by atoms with Gasteiger partial charge < -0.3 is 5.32 Å². The van der Waals surface area contributed by atoms with Gasteiger partial charge in [-0.1, -0.05) is 6.07 Å². The third-order valence-electron chi connectivity index (χ3n) is 2.99. The van der Waals surface area contributed by atoms with Crippen molar-refractivity contribution >= 4 is 23.1 Å². The van der Waals surface area contributed by atoms with Gasteiger partial charge >= 0.3 is 0 Å². The summed E-state index contributed by atoms with van der Waals surface area (Å²) < 4.78 is 0. The molecular formula is C12H20N2S2. The van der Waals surface area contributed by atoms with Crippen molar-refractivity contribution in [1.29, 1.82) is 0 Å². The van der Waals surface area contributed by atoms with Crippen LogP contribution in [0.2, 0.25) is 0 Å². The minimum absolute atomic E-state index is 0.667. The van der Waals surface area contributed by atoms with Crippen LogP contribution < -0.4 is 5.32 Å². The van der Waals surface area contributed by atoms with Crippen LogP contribution in [0.1, 0.15) is 11.8 Å². The highest BCUT2D eigenvalue weighted by atomic mass is 32.2. The highest BCUT2D eigenvalue weighted by Gasteiger charge is 2.16. The summed E-state index contributed by atoms with van der Waals surface area (Å²) in [5.74, 6) is 2.60. The number of thioether (sulfide) groups is 1. The Labute approximate surface area is 106 Å². The summed E-state index contributed by atoms with van der Waals surface area (Å²) >= 11 is 3.91. The van der Waals surface area contributed by atoms with Crippen LogP contribution in [0.25, 0.3) is 0 Å². The lowest BCUT2D eigenvalue weighted by Gasteiger charge is -2.32. The smallest absolute Gasteiger partial charge is 0.0300 e. The lowest BCUT2D eigenvalue weighted by atomic mass is 10.2. The van der Waals surface area contributed by atoms with Gasteiger partial charge in [-0.15, -0.1) is 11.3 Å². The Balaban J connectivity index is 1.65. The van der Waals surface area contributed by atoms with Gasteiger partial charge in [0.05, 0.1) is 0 Å². The van der Waals surface area contributed by atoms with E-state index in [0.717, 1.165) is 13.1 Å². The van der Waals surface area contributed by atoms with Crippen molar-refractivity contribution in [3.63, 3.8) is 0 Å². The molecule has 0 bridgehead atoms. The Kier molecular flexibility index (Phi) is 5.16. The molecule has 0 amide bonds. The topological polar surface area (TPSA) is 15.3 Å². The number of hydrogen-bond acceptors (Lipinski definition) is 4. The Morgan fingerprint density at radius 3 is 2.94 bits per heavy atom. The van der Waals surface area contributed by atoms with Crippen molar-refractivity contribution in [2.24, 2.45) is 0 Å². The third-order valence-corrected chi connectivity index (χ3v) is 4.81. The molecule has 4 heteroatoms. The first-order valence-corrected chi connectivity index (χ1v) is 7.94. The zero-order valence-corrected chi connectivity index (χ0v) is 11.4. The highest BCUT2D eigenvalue weighted by molar-refractivity contribution is 7.99. The van der Waals surface area contributed by atoms with Crippen LogP contribution in [-0.4, -0.2) is 42.1 Å². The van der Waals surface area contributed by atoms with Crippen molar-refractivity contribution in [2.75, 3.05) is 31.1 Å². The monoisotopic (exact) mass is 256 g/mol. The number of nitrogens with one attached hydrogen (secondary N) is 1. The summed E-state index contributed by atoms with van der Waals surface area (Å²) in [5, 5.41) is 5.69. The van der Waals surface area contributed by atoms with Crippen molar-refractivity contribution < 1.29 is 0 Å². The van der Waals surface area contributed by atoms with Crippen LogP contribution in [-0.2, 0) is 6.54 Å². The molecule has 0 saturated carbocycles. The molecular weight excluding hydrogens is 236 g/mol. The standard InChI is InChI=1S/C12H20N2S2/c1-11(14-4-7-15-8-5-14)9-13-10-12-3-2-6-16-12/h2-3,6,11,13H,4-5,7-10H2,1H3. The van der Waals surface area contributed by atoms with E-state index in [1.54, 1.807) is 0 Å². The Bertz CT molecular complexity index is 281. The van der Waals surface area contributed by atoms with Gasteiger partial charge in [-0.3, -0.25) is 4.90 Å². The highest BCUT2D eigenvalue weighted by Crippen LogP contribution is 2.12. The fourth-order valence-corrected chi connectivity index (χ4v) is 3.57. The van der Waals surface area contributed by atoms with Gasteiger partial charge in [-0.05, 0) is 18.4 Å². The molecule has 1 aliphatic heterocycles. The number of hydrogen-bond donors (Lipinski definition) is 1. The number of rotatable bonds is 5. The minimum atomic E-state index is 0.667. The first-order valence-electron chi connectivity index (χ1n) is 5.91. The molecule has 0 aromatic carbocycles. The Hall–Kier alpha value is -0.0300. The quantitative estimate of drug-likeness (QED) is 0.870. The molecule has 1 saturated heterocycles. The third kappa shape index (κ3) is 3.77. The van der Waals surface area contributed by atoms with Crippen LogP contribution in [0.3, 0.4) is 0 Å². The molecule has 1 unspecified atom stereocenters. The first-order chi connectivity index (χ1) is 7.86. The van der Waals surface area contributed by atoms with Gasteiger partial charge in [0.25, 0.3) is 0 Å². The van der Waals surface area contributed by atoms with Gasteiger partial charge in [0.15, 0.2) is 0 Å². The average Bonchev–Trinajstić information content (AvgIpc) is 2.83. The van der Waals surface area contributed by atoms with Gasteiger partial charge in [-0.25, -0.2) is 0 Å². The zero-order valence-electron chi connectivity index (χ0n) is 9.82. The molecule has 2 nitrogen and oxygen atoms in total. The molecule has 90 valence electrons. The molecule has 0 radical (unpaired) electrons. The molecule has 0 aliphatic carbocycles. The van der Waals surface area contributed by atoms with Gasteiger partial charge in [0.2, 0.25) is 0 Å². The van der Waals surface area contributed by atoms with Gasteiger partial charge in [0, 0.05) is 48.6 Å². The van der Waals surface area contributed by atoms with Crippen molar-refractivity contribution in [3.8, 4) is 0 Å². The van der Waals surface area contributed by atoms with Crippen LogP contribution in [0, 0.1) is 0 Å². The van der Waals surface area contributed by atoms with E-state index >= 15 is 0 Å². The molecule has 1 atom stereocenters. The summed E-state index contributed by atoms with van der Waals surface area (Å²) in [6, 6.07) is 4.98.